The lowest BCUT2D eigenvalue weighted by molar-refractivity contribution is -0.146. The average molecular weight is 483 g/mol. The van der Waals surface area contributed by atoms with Gasteiger partial charge in [0, 0.05) is 29.9 Å². The molecule has 35 heavy (non-hydrogen) atoms. The summed E-state index contributed by atoms with van der Waals surface area (Å²) in [5.41, 5.74) is 1.15. The highest BCUT2D eigenvalue weighted by molar-refractivity contribution is 6.02. The first-order chi connectivity index (χ1) is 16.9. The fraction of sp³-hybridized carbons (Fsp3) is 0.520. The third kappa shape index (κ3) is 4.33. The lowest BCUT2D eigenvalue weighted by atomic mass is 9.91. The normalized spacial score (nSPS) is 26.0. The first-order valence-electron chi connectivity index (χ1n) is 12.0. The van der Waals surface area contributed by atoms with Crippen molar-refractivity contribution in [3.05, 3.63) is 30.0 Å². The van der Waals surface area contributed by atoms with Crippen LogP contribution >= 0.6 is 0 Å². The number of carbonyl (C=O) groups excluding carboxylic acids is 4. The topological polar surface area (TPSA) is 130 Å². The molecule has 0 radical (unpaired) electrons. The van der Waals surface area contributed by atoms with E-state index in [1.807, 2.05) is 18.2 Å². The number of hydrogen-bond acceptors (Lipinski definition) is 6. The van der Waals surface area contributed by atoms with Crippen molar-refractivity contribution in [2.24, 2.45) is 17.8 Å². The van der Waals surface area contributed by atoms with E-state index in [1.54, 1.807) is 18.1 Å². The number of aromatic amines is 1. The Bertz CT molecular complexity index is 1180. The second-order valence-corrected chi connectivity index (χ2v) is 9.62. The number of aromatic nitrogens is 1. The Labute approximate surface area is 202 Å². The van der Waals surface area contributed by atoms with Gasteiger partial charge in [-0.25, -0.2) is 4.79 Å². The molecule has 1 aromatic carbocycles. The first kappa shape index (κ1) is 23.2. The van der Waals surface area contributed by atoms with Crippen LogP contribution in [0.15, 0.2) is 24.3 Å². The lowest BCUT2D eigenvalue weighted by Crippen LogP contribution is -2.53. The van der Waals surface area contributed by atoms with Crippen LogP contribution in [0.3, 0.4) is 0 Å². The predicted octanol–water partition coefficient (Wildman–Crippen LogP) is 1.21. The van der Waals surface area contributed by atoms with E-state index in [9.17, 15) is 19.2 Å². The molecule has 10 nitrogen and oxygen atoms in total. The molecule has 2 saturated heterocycles. The number of piperidine rings is 2. The summed E-state index contributed by atoms with van der Waals surface area (Å²) in [5.74, 6) is -0.742. The average Bonchev–Trinajstić information content (AvgIpc) is 3.31. The number of methoxy groups -OCH3 is 2. The Balaban J connectivity index is 1.34. The minimum absolute atomic E-state index is 0.0640. The van der Waals surface area contributed by atoms with Gasteiger partial charge in [0.2, 0.25) is 11.8 Å². The van der Waals surface area contributed by atoms with E-state index in [-0.39, 0.29) is 41.9 Å². The zero-order valence-corrected chi connectivity index (χ0v) is 19.8. The maximum absolute atomic E-state index is 13.5. The van der Waals surface area contributed by atoms with Gasteiger partial charge in [-0.05, 0) is 55.7 Å². The van der Waals surface area contributed by atoms with Crippen molar-refractivity contribution in [2.45, 2.75) is 37.8 Å². The molecule has 1 saturated carbocycles. The highest BCUT2D eigenvalue weighted by Gasteiger charge is 2.57. The van der Waals surface area contributed by atoms with Gasteiger partial charge in [0.05, 0.1) is 14.2 Å². The number of likely N-dealkylation sites (tertiary alicyclic amines) is 1. The molecule has 186 valence electrons. The fourth-order valence-electron chi connectivity index (χ4n) is 5.54. The van der Waals surface area contributed by atoms with Crippen LogP contribution in [-0.2, 0) is 19.1 Å². The van der Waals surface area contributed by atoms with Gasteiger partial charge in [0.15, 0.2) is 0 Å². The van der Waals surface area contributed by atoms with Crippen LogP contribution in [0.4, 0.5) is 0 Å². The van der Waals surface area contributed by atoms with Crippen molar-refractivity contribution in [1.29, 1.82) is 0 Å². The fourth-order valence-corrected chi connectivity index (χ4v) is 5.54. The van der Waals surface area contributed by atoms with Crippen LogP contribution in [0, 0.1) is 17.8 Å². The molecule has 3 fully saturated rings. The van der Waals surface area contributed by atoms with Crippen LogP contribution in [-0.4, -0.2) is 73.0 Å². The molecule has 3 aliphatic rings. The molecule has 1 unspecified atom stereocenters. The van der Waals surface area contributed by atoms with E-state index in [0.717, 1.165) is 23.7 Å². The van der Waals surface area contributed by atoms with Crippen molar-refractivity contribution < 1.29 is 28.7 Å². The van der Waals surface area contributed by atoms with Crippen molar-refractivity contribution in [3.63, 3.8) is 0 Å². The van der Waals surface area contributed by atoms with E-state index in [0.29, 0.717) is 31.0 Å². The van der Waals surface area contributed by atoms with Crippen molar-refractivity contribution in [2.75, 3.05) is 27.3 Å². The molecule has 1 aliphatic carbocycles. The molecule has 10 heteroatoms. The standard InChI is InChI=1S/C25H30N4O6/c1-34-20-7-3-6-17-16(20)11-18(27-17)24(32)29-12-14-9-15(14)21(29)23(31)28-19(25(33)35-2)10-13-5-4-8-26-22(13)30/h3,6-7,11,13-15,19,21,27H,4-5,8-10,12H2,1-2H3,(H,26,30)(H,28,31)/t13-,14-,15-,19-,21?/m0/s1. The van der Waals surface area contributed by atoms with Crippen LogP contribution in [0.1, 0.15) is 36.2 Å². The number of carbonyl (C=O) groups is 4. The molecule has 2 aromatic rings. The molecule has 3 N–H and O–H groups in total. The van der Waals surface area contributed by atoms with Crippen LogP contribution < -0.4 is 15.4 Å². The molecule has 5 atom stereocenters. The highest BCUT2D eigenvalue weighted by Crippen LogP contribution is 2.50. The molecule has 2 aliphatic heterocycles. The number of benzene rings is 1. The summed E-state index contributed by atoms with van der Waals surface area (Å²) in [4.78, 5) is 56.3. The van der Waals surface area contributed by atoms with Gasteiger partial charge in [-0.2, -0.15) is 0 Å². The van der Waals surface area contributed by atoms with Crippen LogP contribution in [0.25, 0.3) is 10.9 Å². The van der Waals surface area contributed by atoms with Gasteiger partial charge in [-0.1, -0.05) is 6.07 Å². The number of esters is 1. The van der Waals surface area contributed by atoms with E-state index in [1.165, 1.54) is 7.11 Å². The number of rotatable bonds is 7. The lowest BCUT2D eigenvalue weighted by Gasteiger charge is -2.29. The van der Waals surface area contributed by atoms with E-state index in [4.69, 9.17) is 9.47 Å². The summed E-state index contributed by atoms with van der Waals surface area (Å²) >= 11 is 0. The van der Waals surface area contributed by atoms with Crippen LogP contribution in [0.2, 0.25) is 0 Å². The zero-order chi connectivity index (χ0) is 24.7. The second kappa shape index (κ2) is 9.24. The smallest absolute Gasteiger partial charge is 0.328 e. The molecular weight excluding hydrogens is 452 g/mol. The number of H-pyrrole nitrogens is 1. The summed E-state index contributed by atoms with van der Waals surface area (Å²) in [6.07, 6.45) is 2.51. The van der Waals surface area contributed by atoms with Gasteiger partial charge in [-0.3, -0.25) is 14.4 Å². The van der Waals surface area contributed by atoms with Crippen molar-refractivity contribution in [1.82, 2.24) is 20.5 Å². The third-order valence-corrected chi connectivity index (χ3v) is 7.48. The number of hydrogen-bond donors (Lipinski definition) is 3. The summed E-state index contributed by atoms with van der Waals surface area (Å²) in [5, 5.41) is 6.40. The monoisotopic (exact) mass is 482 g/mol. The molecule has 0 spiro atoms. The number of nitrogens with zero attached hydrogens (tertiary/aromatic N) is 1. The van der Waals surface area contributed by atoms with E-state index in [2.05, 4.69) is 15.6 Å². The van der Waals surface area contributed by atoms with Crippen molar-refractivity contribution >= 4 is 34.6 Å². The molecule has 1 aromatic heterocycles. The quantitative estimate of drug-likeness (QED) is 0.509. The zero-order valence-electron chi connectivity index (χ0n) is 19.8. The van der Waals surface area contributed by atoms with Crippen LogP contribution in [0.5, 0.6) is 5.75 Å². The van der Waals surface area contributed by atoms with Crippen molar-refractivity contribution in [3.8, 4) is 5.75 Å². The van der Waals surface area contributed by atoms with Gasteiger partial charge in [0.25, 0.3) is 5.91 Å². The predicted molar refractivity (Wildman–Crippen MR) is 126 cm³/mol. The molecule has 3 amide bonds. The maximum Gasteiger partial charge on any atom is 0.328 e. The molecule has 3 heterocycles. The van der Waals surface area contributed by atoms with Gasteiger partial charge in [-0.15, -0.1) is 0 Å². The number of fused-ring (bicyclic) bond motifs is 2. The number of amides is 3. The summed E-state index contributed by atoms with van der Waals surface area (Å²) in [6, 6.07) is 5.65. The molecule has 0 bridgehead atoms. The number of nitrogens with one attached hydrogen (secondary N) is 3. The summed E-state index contributed by atoms with van der Waals surface area (Å²) in [7, 11) is 2.83. The van der Waals surface area contributed by atoms with E-state index >= 15 is 0 Å². The summed E-state index contributed by atoms with van der Waals surface area (Å²) in [6.45, 7) is 1.11. The third-order valence-electron chi connectivity index (χ3n) is 7.48. The molecule has 5 rings (SSSR count). The Morgan fingerprint density at radius 1 is 1.26 bits per heavy atom. The van der Waals surface area contributed by atoms with E-state index < -0.39 is 18.1 Å². The Kier molecular flexibility index (Phi) is 6.12. The minimum Gasteiger partial charge on any atom is -0.496 e. The Morgan fingerprint density at radius 3 is 2.83 bits per heavy atom. The van der Waals surface area contributed by atoms with Gasteiger partial charge < -0.3 is 30.0 Å². The second-order valence-electron chi connectivity index (χ2n) is 9.62. The maximum atomic E-state index is 13.5. The Morgan fingerprint density at radius 2 is 2.09 bits per heavy atom. The van der Waals surface area contributed by atoms with Gasteiger partial charge in [0.1, 0.15) is 23.5 Å². The Hall–Kier alpha value is -3.56. The summed E-state index contributed by atoms with van der Waals surface area (Å²) < 4.78 is 10.3. The SMILES string of the molecule is COC(=O)[C@H](C[C@@H]1CCCNC1=O)NC(=O)C1[C@H]2C[C@H]2CN1C(=O)c1cc2c(OC)cccc2[nH]1. The van der Waals surface area contributed by atoms with Gasteiger partial charge >= 0.3 is 5.97 Å². The first-order valence-corrected chi connectivity index (χ1v) is 12.0. The highest BCUT2D eigenvalue weighted by atomic mass is 16.5. The number of ether oxygens (including phenoxy) is 2. The molecular formula is C25H30N4O6. The largest absolute Gasteiger partial charge is 0.496 e. The minimum atomic E-state index is -0.951.